The van der Waals surface area contributed by atoms with Crippen LogP contribution in [0.3, 0.4) is 0 Å². The van der Waals surface area contributed by atoms with Gasteiger partial charge in [0.15, 0.2) is 0 Å². The molecule has 0 atom stereocenters. The summed E-state index contributed by atoms with van der Waals surface area (Å²) in [6, 6.07) is 6.97. The summed E-state index contributed by atoms with van der Waals surface area (Å²) in [4.78, 5) is 15.4. The van der Waals surface area contributed by atoms with Crippen molar-refractivity contribution in [3.63, 3.8) is 0 Å². The Balaban J connectivity index is 1.92. The van der Waals surface area contributed by atoms with Crippen molar-refractivity contribution in [1.29, 1.82) is 0 Å². The molecule has 1 heterocycles. The van der Waals surface area contributed by atoms with Crippen LogP contribution in [0.15, 0.2) is 41.4 Å². The summed E-state index contributed by atoms with van der Waals surface area (Å²) >= 11 is 11.7. The fourth-order valence-electron chi connectivity index (χ4n) is 1.88. The van der Waals surface area contributed by atoms with Crippen molar-refractivity contribution >= 4 is 45.0 Å². The summed E-state index contributed by atoms with van der Waals surface area (Å²) in [5.74, 6) is -0.124. The number of halogens is 2. The minimum Gasteiger partial charge on any atom is -0.465 e. The molecule has 0 saturated heterocycles. The molecule has 0 spiro atoms. The van der Waals surface area contributed by atoms with Crippen molar-refractivity contribution < 1.29 is 17.9 Å². The molecule has 2 N–H and O–H groups in total. The molecule has 0 saturated carbocycles. The SMILES string of the molecule is COC(=O)c1ccc(S(=O)(=O)NCCNc2ncc(Cl)cc2Cl)cc1. The number of benzene rings is 1. The third-order valence-corrected chi connectivity index (χ3v) is 5.07. The Labute approximate surface area is 155 Å². The van der Waals surface area contributed by atoms with Crippen LogP contribution in [0.5, 0.6) is 0 Å². The standard InChI is InChI=1S/C15H15Cl2N3O4S/c1-24-15(21)10-2-4-12(5-3-10)25(22,23)20-7-6-18-14-13(17)8-11(16)9-19-14/h2-5,8-9,20H,6-7H2,1H3,(H,18,19). The Morgan fingerprint density at radius 2 is 1.88 bits per heavy atom. The number of nitrogens with one attached hydrogen (secondary N) is 2. The lowest BCUT2D eigenvalue weighted by molar-refractivity contribution is 0.0600. The van der Waals surface area contributed by atoms with E-state index < -0.39 is 16.0 Å². The number of anilines is 1. The lowest BCUT2D eigenvalue weighted by Gasteiger charge is -2.09. The minimum atomic E-state index is -3.70. The number of hydrogen-bond donors (Lipinski definition) is 2. The number of esters is 1. The highest BCUT2D eigenvalue weighted by Crippen LogP contribution is 2.22. The normalized spacial score (nSPS) is 11.2. The molecule has 134 valence electrons. The van der Waals surface area contributed by atoms with E-state index in [1.54, 1.807) is 0 Å². The molecule has 2 rings (SSSR count). The van der Waals surface area contributed by atoms with E-state index in [0.29, 0.717) is 15.9 Å². The Bertz CT molecular complexity index is 858. The third-order valence-electron chi connectivity index (χ3n) is 3.10. The quantitative estimate of drug-likeness (QED) is 0.544. The van der Waals surface area contributed by atoms with E-state index in [-0.39, 0.29) is 23.5 Å². The Hall–Kier alpha value is -1.87. The minimum absolute atomic E-state index is 0.0443. The second-order valence-corrected chi connectivity index (χ2v) is 7.44. The number of hydrogen-bond acceptors (Lipinski definition) is 6. The zero-order valence-electron chi connectivity index (χ0n) is 13.1. The summed E-state index contributed by atoms with van der Waals surface area (Å²) in [6.07, 6.45) is 1.43. The van der Waals surface area contributed by atoms with Gasteiger partial charge < -0.3 is 10.1 Å². The highest BCUT2D eigenvalue weighted by molar-refractivity contribution is 7.89. The predicted octanol–water partition coefficient (Wildman–Crippen LogP) is 2.57. The van der Waals surface area contributed by atoms with Crippen LogP contribution >= 0.6 is 23.2 Å². The van der Waals surface area contributed by atoms with E-state index in [2.05, 4.69) is 19.8 Å². The fourth-order valence-corrected chi connectivity index (χ4v) is 3.36. The van der Waals surface area contributed by atoms with Crippen LogP contribution in [-0.2, 0) is 14.8 Å². The molecular formula is C15H15Cl2N3O4S. The number of pyridine rings is 1. The molecule has 0 amide bonds. The van der Waals surface area contributed by atoms with Gasteiger partial charge in [0.1, 0.15) is 5.82 Å². The summed E-state index contributed by atoms with van der Waals surface area (Å²) in [5, 5.41) is 3.66. The number of sulfonamides is 1. The zero-order chi connectivity index (χ0) is 18.4. The average molecular weight is 404 g/mol. The smallest absolute Gasteiger partial charge is 0.337 e. The van der Waals surface area contributed by atoms with Crippen LogP contribution in [0.1, 0.15) is 10.4 Å². The molecule has 7 nitrogen and oxygen atoms in total. The first-order chi connectivity index (χ1) is 11.8. The number of ether oxygens (including phenoxy) is 1. The number of nitrogens with zero attached hydrogens (tertiary/aromatic N) is 1. The number of carbonyl (C=O) groups is 1. The van der Waals surface area contributed by atoms with E-state index in [1.807, 2.05) is 0 Å². The molecule has 2 aromatic rings. The van der Waals surface area contributed by atoms with Crippen LogP contribution < -0.4 is 10.0 Å². The Morgan fingerprint density at radius 1 is 1.20 bits per heavy atom. The predicted molar refractivity (Wildman–Crippen MR) is 95.7 cm³/mol. The Kier molecular flexibility index (Phi) is 6.60. The maximum atomic E-state index is 12.2. The van der Waals surface area contributed by atoms with Crippen molar-refractivity contribution in [3.8, 4) is 0 Å². The highest BCUT2D eigenvalue weighted by Gasteiger charge is 2.14. The maximum Gasteiger partial charge on any atom is 0.337 e. The number of aromatic nitrogens is 1. The summed E-state index contributed by atoms with van der Waals surface area (Å²) < 4.78 is 31.4. The molecule has 1 aromatic carbocycles. The van der Waals surface area contributed by atoms with Gasteiger partial charge in [-0.15, -0.1) is 0 Å². The van der Waals surface area contributed by atoms with Gasteiger partial charge in [-0.05, 0) is 30.3 Å². The van der Waals surface area contributed by atoms with Gasteiger partial charge in [0, 0.05) is 19.3 Å². The molecule has 0 bridgehead atoms. The fraction of sp³-hybridized carbons (Fsp3) is 0.200. The molecule has 0 aliphatic heterocycles. The van der Waals surface area contributed by atoms with E-state index in [1.165, 1.54) is 43.6 Å². The average Bonchev–Trinajstić information content (AvgIpc) is 2.59. The molecule has 0 aliphatic carbocycles. The Morgan fingerprint density at radius 3 is 2.48 bits per heavy atom. The van der Waals surface area contributed by atoms with Crippen molar-refractivity contribution in [1.82, 2.24) is 9.71 Å². The van der Waals surface area contributed by atoms with Crippen LogP contribution in [0.2, 0.25) is 10.0 Å². The molecule has 1 aromatic heterocycles. The molecule has 0 fully saturated rings. The van der Waals surface area contributed by atoms with E-state index in [4.69, 9.17) is 23.2 Å². The zero-order valence-corrected chi connectivity index (χ0v) is 15.5. The molecule has 0 unspecified atom stereocenters. The number of methoxy groups -OCH3 is 1. The third kappa shape index (κ3) is 5.30. The first kappa shape index (κ1) is 19.5. The van der Waals surface area contributed by atoms with E-state index in [0.717, 1.165) is 0 Å². The molecule has 0 aliphatic rings. The molecule has 0 radical (unpaired) electrons. The lowest BCUT2D eigenvalue weighted by atomic mass is 10.2. The van der Waals surface area contributed by atoms with E-state index >= 15 is 0 Å². The summed E-state index contributed by atoms with van der Waals surface area (Å²) in [7, 11) is -2.44. The van der Waals surface area contributed by atoms with Gasteiger partial charge in [-0.1, -0.05) is 23.2 Å². The van der Waals surface area contributed by atoms with Crippen molar-refractivity contribution in [3.05, 3.63) is 52.1 Å². The number of carbonyl (C=O) groups excluding carboxylic acids is 1. The second kappa shape index (κ2) is 8.48. The molecule has 25 heavy (non-hydrogen) atoms. The molecular weight excluding hydrogens is 389 g/mol. The summed E-state index contributed by atoms with van der Waals surface area (Å²) in [6.45, 7) is 0.384. The van der Waals surface area contributed by atoms with Gasteiger partial charge in [0.05, 0.1) is 27.6 Å². The maximum absolute atomic E-state index is 12.2. The topological polar surface area (TPSA) is 97.4 Å². The first-order valence-electron chi connectivity index (χ1n) is 7.06. The van der Waals surface area contributed by atoms with Gasteiger partial charge in [0.25, 0.3) is 0 Å². The van der Waals surface area contributed by atoms with E-state index in [9.17, 15) is 13.2 Å². The summed E-state index contributed by atoms with van der Waals surface area (Å²) in [5.41, 5.74) is 0.270. The monoisotopic (exact) mass is 403 g/mol. The van der Waals surface area contributed by atoms with Gasteiger partial charge in [-0.3, -0.25) is 0 Å². The first-order valence-corrected chi connectivity index (χ1v) is 9.30. The number of rotatable bonds is 7. The van der Waals surface area contributed by atoms with Crippen LogP contribution in [0, 0.1) is 0 Å². The van der Waals surface area contributed by atoms with Gasteiger partial charge >= 0.3 is 5.97 Å². The van der Waals surface area contributed by atoms with Crippen LogP contribution in [-0.4, -0.2) is 39.6 Å². The van der Waals surface area contributed by atoms with Crippen LogP contribution in [0.4, 0.5) is 5.82 Å². The largest absolute Gasteiger partial charge is 0.465 e. The lowest BCUT2D eigenvalue weighted by Crippen LogP contribution is -2.29. The second-order valence-electron chi connectivity index (χ2n) is 4.82. The van der Waals surface area contributed by atoms with Crippen molar-refractivity contribution in [2.45, 2.75) is 4.90 Å². The van der Waals surface area contributed by atoms with Crippen molar-refractivity contribution in [2.24, 2.45) is 0 Å². The van der Waals surface area contributed by atoms with Gasteiger partial charge in [0.2, 0.25) is 10.0 Å². The molecule has 10 heteroatoms. The van der Waals surface area contributed by atoms with Gasteiger partial charge in [-0.2, -0.15) is 0 Å². The van der Waals surface area contributed by atoms with Crippen LogP contribution in [0.25, 0.3) is 0 Å². The van der Waals surface area contributed by atoms with Crippen molar-refractivity contribution in [2.75, 3.05) is 25.5 Å². The van der Waals surface area contributed by atoms with Gasteiger partial charge in [-0.25, -0.2) is 22.9 Å². The highest BCUT2D eigenvalue weighted by atomic mass is 35.5.